The molecule has 0 amide bonds. The Morgan fingerprint density at radius 2 is 1.90 bits per heavy atom. The molecular weight excluding hydrogens is 260 g/mol. The Kier molecular flexibility index (Phi) is 2.55. The highest BCUT2D eigenvalue weighted by molar-refractivity contribution is 6.19. The van der Waals surface area contributed by atoms with Crippen LogP contribution in [0.25, 0.3) is 21.5 Å². The molecule has 0 aromatic heterocycles. The SMILES string of the molecule is CCC(C)c1cccc2c3c4c(cccc4cc12)C(=O)O3. The van der Waals surface area contributed by atoms with E-state index in [2.05, 4.69) is 38.1 Å². The van der Waals surface area contributed by atoms with Crippen molar-refractivity contribution in [3.63, 3.8) is 0 Å². The van der Waals surface area contributed by atoms with Crippen LogP contribution in [-0.2, 0) is 0 Å². The van der Waals surface area contributed by atoms with Crippen molar-refractivity contribution in [1.82, 2.24) is 0 Å². The summed E-state index contributed by atoms with van der Waals surface area (Å²) in [7, 11) is 0. The number of ether oxygens (including phenoxy) is 1. The molecule has 0 aliphatic carbocycles. The molecule has 1 unspecified atom stereocenters. The summed E-state index contributed by atoms with van der Waals surface area (Å²) in [4.78, 5) is 12.0. The number of hydrogen-bond acceptors (Lipinski definition) is 2. The number of fused-ring (bicyclic) bond motifs is 2. The van der Waals surface area contributed by atoms with E-state index in [0.717, 1.165) is 28.3 Å². The lowest BCUT2D eigenvalue weighted by molar-refractivity contribution is 0.0756. The van der Waals surface area contributed by atoms with Gasteiger partial charge in [-0.1, -0.05) is 44.2 Å². The Labute approximate surface area is 123 Å². The van der Waals surface area contributed by atoms with E-state index in [9.17, 15) is 4.79 Å². The molecule has 1 heterocycles. The predicted molar refractivity (Wildman–Crippen MR) is 85.1 cm³/mol. The quantitative estimate of drug-likeness (QED) is 0.372. The molecule has 0 spiro atoms. The van der Waals surface area contributed by atoms with Gasteiger partial charge in [0, 0.05) is 10.8 Å². The van der Waals surface area contributed by atoms with E-state index in [1.165, 1.54) is 10.9 Å². The smallest absolute Gasteiger partial charge is 0.344 e. The van der Waals surface area contributed by atoms with E-state index >= 15 is 0 Å². The minimum atomic E-state index is -0.239. The molecule has 0 fully saturated rings. The van der Waals surface area contributed by atoms with Crippen LogP contribution in [0, 0.1) is 0 Å². The summed E-state index contributed by atoms with van der Waals surface area (Å²) >= 11 is 0. The maximum absolute atomic E-state index is 12.0. The summed E-state index contributed by atoms with van der Waals surface area (Å²) in [6.07, 6.45) is 1.09. The molecule has 0 bridgehead atoms. The molecular formula is C19H16O2. The highest BCUT2D eigenvalue weighted by Crippen LogP contribution is 2.43. The second kappa shape index (κ2) is 4.32. The molecule has 21 heavy (non-hydrogen) atoms. The molecule has 0 radical (unpaired) electrons. The molecule has 3 aromatic carbocycles. The lowest BCUT2D eigenvalue weighted by Crippen LogP contribution is -2.00. The van der Waals surface area contributed by atoms with Crippen molar-refractivity contribution in [2.24, 2.45) is 0 Å². The Balaban J connectivity index is 2.17. The first-order valence-corrected chi connectivity index (χ1v) is 7.41. The van der Waals surface area contributed by atoms with E-state index in [0.29, 0.717) is 11.5 Å². The number of esters is 1. The number of rotatable bonds is 2. The van der Waals surface area contributed by atoms with Crippen molar-refractivity contribution in [3.8, 4) is 5.75 Å². The van der Waals surface area contributed by atoms with Crippen LogP contribution in [0.3, 0.4) is 0 Å². The Hall–Kier alpha value is -2.35. The van der Waals surface area contributed by atoms with Gasteiger partial charge in [0.05, 0.1) is 5.56 Å². The van der Waals surface area contributed by atoms with Gasteiger partial charge in [-0.05, 0) is 40.8 Å². The van der Waals surface area contributed by atoms with Gasteiger partial charge in [0.2, 0.25) is 0 Å². The lowest BCUT2D eigenvalue weighted by Gasteiger charge is -2.14. The molecule has 4 rings (SSSR count). The van der Waals surface area contributed by atoms with Crippen LogP contribution < -0.4 is 4.74 Å². The van der Waals surface area contributed by atoms with Crippen molar-refractivity contribution in [3.05, 3.63) is 53.6 Å². The highest BCUT2D eigenvalue weighted by atomic mass is 16.5. The molecule has 1 aliphatic heterocycles. The van der Waals surface area contributed by atoms with Crippen LogP contribution in [0.2, 0.25) is 0 Å². The Morgan fingerprint density at radius 1 is 1.10 bits per heavy atom. The second-order valence-electron chi connectivity index (χ2n) is 5.75. The molecule has 2 heteroatoms. The summed E-state index contributed by atoms with van der Waals surface area (Å²) in [5.74, 6) is 0.976. The molecule has 0 saturated heterocycles. The second-order valence-corrected chi connectivity index (χ2v) is 5.75. The molecule has 0 saturated carbocycles. The van der Waals surface area contributed by atoms with Gasteiger partial charge in [-0.25, -0.2) is 4.79 Å². The summed E-state index contributed by atoms with van der Waals surface area (Å²) in [6.45, 7) is 4.43. The minimum absolute atomic E-state index is 0.239. The first kappa shape index (κ1) is 12.4. The third-order valence-electron chi connectivity index (χ3n) is 4.57. The normalized spacial score (nSPS) is 14.7. The van der Waals surface area contributed by atoms with Crippen LogP contribution in [0.15, 0.2) is 42.5 Å². The van der Waals surface area contributed by atoms with Gasteiger partial charge in [-0.3, -0.25) is 0 Å². The van der Waals surface area contributed by atoms with E-state index < -0.39 is 0 Å². The highest BCUT2D eigenvalue weighted by Gasteiger charge is 2.26. The molecule has 104 valence electrons. The van der Waals surface area contributed by atoms with Crippen LogP contribution in [0.5, 0.6) is 5.75 Å². The van der Waals surface area contributed by atoms with Crippen LogP contribution in [0.1, 0.15) is 42.1 Å². The number of hydrogen-bond donors (Lipinski definition) is 0. The van der Waals surface area contributed by atoms with E-state index in [1.54, 1.807) is 0 Å². The van der Waals surface area contributed by atoms with Crippen LogP contribution in [-0.4, -0.2) is 5.97 Å². The van der Waals surface area contributed by atoms with E-state index in [4.69, 9.17) is 4.74 Å². The van der Waals surface area contributed by atoms with Crippen molar-refractivity contribution < 1.29 is 9.53 Å². The first-order chi connectivity index (χ1) is 10.2. The molecule has 1 aliphatic rings. The van der Waals surface area contributed by atoms with Gasteiger partial charge >= 0.3 is 5.97 Å². The van der Waals surface area contributed by atoms with Crippen molar-refractivity contribution in [1.29, 1.82) is 0 Å². The summed E-state index contributed by atoms with van der Waals surface area (Å²) in [5.41, 5.74) is 2.00. The molecule has 2 nitrogen and oxygen atoms in total. The fourth-order valence-corrected chi connectivity index (χ4v) is 3.25. The van der Waals surface area contributed by atoms with Gasteiger partial charge < -0.3 is 4.74 Å². The summed E-state index contributed by atoms with van der Waals surface area (Å²) in [5, 5.41) is 4.27. The zero-order valence-corrected chi connectivity index (χ0v) is 12.1. The molecule has 0 N–H and O–H groups in total. The maximum atomic E-state index is 12.0. The van der Waals surface area contributed by atoms with Gasteiger partial charge in [0.1, 0.15) is 5.75 Å². The van der Waals surface area contributed by atoms with Crippen molar-refractivity contribution in [2.75, 3.05) is 0 Å². The topological polar surface area (TPSA) is 26.3 Å². The third kappa shape index (κ3) is 1.62. The summed E-state index contributed by atoms with van der Waals surface area (Å²) < 4.78 is 5.57. The Bertz CT molecular complexity index is 893. The van der Waals surface area contributed by atoms with E-state index in [1.807, 2.05) is 18.2 Å². The van der Waals surface area contributed by atoms with Gasteiger partial charge in [0.25, 0.3) is 0 Å². The predicted octanol–water partition coefficient (Wildman–Crippen LogP) is 5.04. The standard InChI is InChI=1S/C19H16O2/c1-3-11(2)13-7-5-8-14-16(13)10-12-6-4-9-15-17(12)18(14)21-19(15)20/h4-11H,3H2,1-2H3. The average Bonchev–Trinajstić information content (AvgIpc) is 2.85. The summed E-state index contributed by atoms with van der Waals surface area (Å²) in [6, 6.07) is 14.3. The average molecular weight is 276 g/mol. The molecule has 1 atom stereocenters. The van der Waals surface area contributed by atoms with Crippen molar-refractivity contribution in [2.45, 2.75) is 26.2 Å². The van der Waals surface area contributed by atoms with Gasteiger partial charge in [-0.15, -0.1) is 0 Å². The number of carbonyl (C=O) groups excluding carboxylic acids is 1. The number of benzene rings is 3. The molecule has 3 aromatic rings. The largest absolute Gasteiger partial charge is 0.422 e. The number of carbonyl (C=O) groups is 1. The van der Waals surface area contributed by atoms with Gasteiger partial charge in [0.15, 0.2) is 0 Å². The fraction of sp³-hybridized carbons (Fsp3) is 0.211. The third-order valence-corrected chi connectivity index (χ3v) is 4.57. The van der Waals surface area contributed by atoms with Gasteiger partial charge in [-0.2, -0.15) is 0 Å². The van der Waals surface area contributed by atoms with Crippen LogP contribution >= 0.6 is 0 Å². The van der Waals surface area contributed by atoms with Crippen molar-refractivity contribution >= 4 is 27.5 Å². The zero-order valence-electron chi connectivity index (χ0n) is 12.1. The monoisotopic (exact) mass is 276 g/mol. The van der Waals surface area contributed by atoms with Crippen LogP contribution in [0.4, 0.5) is 0 Å². The maximum Gasteiger partial charge on any atom is 0.344 e. The zero-order chi connectivity index (χ0) is 14.6. The first-order valence-electron chi connectivity index (χ1n) is 7.41. The lowest BCUT2D eigenvalue weighted by atomic mass is 9.90. The van der Waals surface area contributed by atoms with E-state index in [-0.39, 0.29) is 5.97 Å². The Morgan fingerprint density at radius 3 is 2.71 bits per heavy atom. The minimum Gasteiger partial charge on any atom is -0.422 e. The fourth-order valence-electron chi connectivity index (χ4n) is 3.25.